The van der Waals surface area contributed by atoms with Crippen LogP contribution in [0.15, 0.2) is 18.2 Å². The minimum atomic E-state index is -1.37. The normalized spacial score (nSPS) is 13.2. The highest BCUT2D eigenvalue weighted by Crippen LogP contribution is 2.25. The summed E-state index contributed by atoms with van der Waals surface area (Å²) in [6.45, 7) is 1.14. The van der Waals surface area contributed by atoms with Crippen LogP contribution in [0.5, 0.6) is 5.75 Å². The molecule has 8 nitrogen and oxygen atoms in total. The van der Waals surface area contributed by atoms with Gasteiger partial charge in [-0.15, -0.1) is 0 Å². The second-order valence-electron chi connectivity index (χ2n) is 4.38. The van der Waals surface area contributed by atoms with E-state index in [-0.39, 0.29) is 23.6 Å². The lowest BCUT2D eigenvalue weighted by Gasteiger charge is -2.21. The van der Waals surface area contributed by atoms with Crippen molar-refractivity contribution >= 4 is 11.8 Å². The number of benzene rings is 1. The van der Waals surface area contributed by atoms with Crippen LogP contribution in [0.1, 0.15) is 28.9 Å². The monoisotopic (exact) mass is 297 g/mol. The first-order valence-corrected chi connectivity index (χ1v) is 6.20. The van der Waals surface area contributed by atoms with E-state index < -0.39 is 18.1 Å². The third-order valence-electron chi connectivity index (χ3n) is 2.88. The molecule has 2 atom stereocenters. The van der Waals surface area contributed by atoms with Crippen molar-refractivity contribution in [3.05, 3.63) is 29.3 Å². The smallest absolute Gasteiger partial charge is 0.265 e. The van der Waals surface area contributed by atoms with Crippen LogP contribution in [-0.4, -0.2) is 41.8 Å². The number of methoxy groups -OCH3 is 1. The van der Waals surface area contributed by atoms with E-state index >= 15 is 0 Å². The fourth-order valence-electron chi connectivity index (χ4n) is 1.76. The summed E-state index contributed by atoms with van der Waals surface area (Å²) in [6.07, 6.45) is -2.64. The molecule has 0 aromatic heterocycles. The predicted octanol–water partition coefficient (Wildman–Crippen LogP) is -1.17. The molecule has 0 aliphatic heterocycles. The highest BCUT2D eigenvalue weighted by molar-refractivity contribution is 5.95. The van der Waals surface area contributed by atoms with Gasteiger partial charge >= 0.3 is 0 Å². The number of nitrogens with two attached hydrogens (primary N) is 1. The third kappa shape index (κ3) is 4.42. The van der Waals surface area contributed by atoms with Crippen LogP contribution in [-0.2, 0) is 4.79 Å². The van der Waals surface area contributed by atoms with Crippen LogP contribution in [0.4, 0.5) is 0 Å². The van der Waals surface area contributed by atoms with Crippen molar-refractivity contribution in [3.63, 3.8) is 0 Å². The molecule has 116 valence electrons. The number of nitrogens with one attached hydrogen (secondary N) is 2. The van der Waals surface area contributed by atoms with E-state index in [9.17, 15) is 19.8 Å². The van der Waals surface area contributed by atoms with E-state index in [1.807, 2.05) is 5.43 Å². The number of ether oxygens (including phenoxy) is 1. The Labute approximate surface area is 121 Å². The highest BCUT2D eigenvalue weighted by Gasteiger charge is 2.24. The molecule has 0 saturated heterocycles. The number of carbonyl (C=O) groups excluding carboxylic acids is 2. The van der Waals surface area contributed by atoms with E-state index in [1.54, 1.807) is 0 Å². The summed E-state index contributed by atoms with van der Waals surface area (Å²) in [6, 6.07) is 4.38. The Morgan fingerprint density at radius 2 is 2.05 bits per heavy atom. The van der Waals surface area contributed by atoms with Crippen molar-refractivity contribution in [2.45, 2.75) is 19.1 Å². The standard InChI is InChI=1S/C13H19N3O5/c1-7(17)15-6-11(18)12(19)9-4-3-8(21-2)5-10(9)13(20)16-14/h3-5,11-12,18-19H,6,14H2,1-2H3,(H,15,17)(H,16,20). The Balaban J connectivity index is 3.04. The number of hydrazine groups is 1. The Hall–Kier alpha value is -2.16. The Kier molecular flexibility index (Phi) is 6.10. The Bertz CT molecular complexity index is 521. The molecule has 2 amide bonds. The van der Waals surface area contributed by atoms with Crippen LogP contribution >= 0.6 is 0 Å². The van der Waals surface area contributed by atoms with Gasteiger partial charge in [0.2, 0.25) is 5.91 Å². The van der Waals surface area contributed by atoms with Crippen molar-refractivity contribution in [2.24, 2.45) is 5.84 Å². The lowest BCUT2D eigenvalue weighted by atomic mass is 9.97. The van der Waals surface area contributed by atoms with E-state index in [2.05, 4.69) is 5.32 Å². The average molecular weight is 297 g/mol. The van der Waals surface area contributed by atoms with Crippen molar-refractivity contribution in [3.8, 4) is 5.75 Å². The fourth-order valence-corrected chi connectivity index (χ4v) is 1.76. The van der Waals surface area contributed by atoms with E-state index in [0.29, 0.717) is 5.75 Å². The fraction of sp³-hybridized carbons (Fsp3) is 0.385. The number of aliphatic hydroxyl groups is 2. The first-order valence-electron chi connectivity index (χ1n) is 6.20. The molecule has 1 aromatic carbocycles. The maximum absolute atomic E-state index is 11.7. The van der Waals surface area contributed by atoms with E-state index in [0.717, 1.165) is 0 Å². The van der Waals surface area contributed by atoms with Gasteiger partial charge in [0.1, 0.15) is 18.0 Å². The van der Waals surface area contributed by atoms with Gasteiger partial charge in [-0.1, -0.05) is 6.07 Å². The first kappa shape index (κ1) is 16.9. The van der Waals surface area contributed by atoms with Gasteiger partial charge in [0.25, 0.3) is 5.91 Å². The highest BCUT2D eigenvalue weighted by atomic mass is 16.5. The molecule has 6 N–H and O–H groups in total. The lowest BCUT2D eigenvalue weighted by molar-refractivity contribution is -0.119. The molecular weight excluding hydrogens is 278 g/mol. The predicted molar refractivity (Wildman–Crippen MR) is 74.3 cm³/mol. The largest absolute Gasteiger partial charge is 0.497 e. The SMILES string of the molecule is COc1ccc(C(O)C(O)CNC(C)=O)c(C(=O)NN)c1. The minimum Gasteiger partial charge on any atom is -0.497 e. The van der Waals surface area contributed by atoms with Crippen LogP contribution in [0.2, 0.25) is 0 Å². The van der Waals surface area contributed by atoms with E-state index in [4.69, 9.17) is 10.6 Å². The zero-order valence-electron chi connectivity index (χ0n) is 11.8. The van der Waals surface area contributed by atoms with Gasteiger partial charge in [0.05, 0.1) is 12.7 Å². The van der Waals surface area contributed by atoms with Crippen molar-refractivity contribution in [2.75, 3.05) is 13.7 Å². The minimum absolute atomic E-state index is 0.0752. The molecule has 0 radical (unpaired) electrons. The van der Waals surface area contributed by atoms with Gasteiger partial charge in [0, 0.05) is 13.5 Å². The summed E-state index contributed by atoms with van der Waals surface area (Å²) in [5.74, 6) is 4.53. The van der Waals surface area contributed by atoms with Crippen molar-refractivity contribution in [1.29, 1.82) is 0 Å². The topological polar surface area (TPSA) is 134 Å². The van der Waals surface area contributed by atoms with Gasteiger partial charge in [-0.25, -0.2) is 5.84 Å². The molecule has 0 saturated carbocycles. The summed E-state index contributed by atoms with van der Waals surface area (Å²) in [4.78, 5) is 22.6. The molecule has 0 fully saturated rings. The number of hydrogen-bond donors (Lipinski definition) is 5. The van der Waals surface area contributed by atoms with Crippen LogP contribution in [0.3, 0.4) is 0 Å². The quantitative estimate of drug-likeness (QED) is 0.255. The van der Waals surface area contributed by atoms with Crippen LogP contribution in [0.25, 0.3) is 0 Å². The Morgan fingerprint density at radius 1 is 1.38 bits per heavy atom. The number of rotatable bonds is 6. The lowest BCUT2D eigenvalue weighted by Crippen LogP contribution is -2.36. The van der Waals surface area contributed by atoms with Gasteiger partial charge in [-0.3, -0.25) is 15.0 Å². The zero-order chi connectivity index (χ0) is 16.0. The summed E-state index contributed by atoms with van der Waals surface area (Å²) >= 11 is 0. The maximum Gasteiger partial charge on any atom is 0.265 e. The number of nitrogen functional groups attached to an aromatic ring is 1. The second kappa shape index (κ2) is 7.58. The molecule has 2 unspecified atom stereocenters. The molecule has 1 rings (SSSR count). The van der Waals surface area contributed by atoms with Gasteiger partial charge in [0.15, 0.2) is 0 Å². The van der Waals surface area contributed by atoms with Gasteiger partial charge in [-0.2, -0.15) is 0 Å². The van der Waals surface area contributed by atoms with Gasteiger partial charge in [-0.05, 0) is 17.7 Å². The van der Waals surface area contributed by atoms with Crippen LogP contribution < -0.4 is 21.3 Å². The summed E-state index contributed by atoms with van der Waals surface area (Å²) in [7, 11) is 1.43. The molecule has 0 aliphatic rings. The average Bonchev–Trinajstić information content (AvgIpc) is 2.50. The Morgan fingerprint density at radius 3 is 2.57 bits per heavy atom. The molecule has 1 aromatic rings. The van der Waals surface area contributed by atoms with Gasteiger partial charge < -0.3 is 20.3 Å². The summed E-state index contributed by atoms with van der Waals surface area (Å²) < 4.78 is 5.00. The van der Waals surface area contributed by atoms with Crippen LogP contribution in [0, 0.1) is 0 Å². The number of carbonyl (C=O) groups is 2. The number of amides is 2. The first-order chi connectivity index (χ1) is 9.90. The summed E-state index contributed by atoms with van der Waals surface area (Å²) in [5, 5.41) is 22.4. The van der Waals surface area contributed by atoms with E-state index in [1.165, 1.54) is 32.2 Å². The molecule has 0 heterocycles. The molecule has 8 heteroatoms. The number of hydrogen-bond acceptors (Lipinski definition) is 6. The molecule has 0 aliphatic carbocycles. The summed E-state index contributed by atoms with van der Waals surface area (Å²) in [5.41, 5.74) is 2.21. The molecule has 21 heavy (non-hydrogen) atoms. The molecular formula is C13H19N3O5. The van der Waals surface area contributed by atoms with Crippen molar-refractivity contribution < 1.29 is 24.5 Å². The third-order valence-corrected chi connectivity index (χ3v) is 2.88. The molecule has 0 bridgehead atoms. The number of aliphatic hydroxyl groups excluding tert-OH is 2. The molecule has 0 spiro atoms. The zero-order valence-corrected chi connectivity index (χ0v) is 11.8. The maximum atomic E-state index is 11.7. The second-order valence-corrected chi connectivity index (χ2v) is 4.38. The van der Waals surface area contributed by atoms with Crippen molar-refractivity contribution in [1.82, 2.24) is 10.7 Å².